The Morgan fingerprint density at radius 2 is 2.00 bits per heavy atom. The Kier molecular flexibility index (Phi) is 3.62. The third-order valence-corrected chi connectivity index (χ3v) is 3.65. The van der Waals surface area contributed by atoms with Crippen LogP contribution in [0.15, 0.2) is 17.0 Å². The topological polar surface area (TPSA) is 69.6 Å². The highest BCUT2D eigenvalue weighted by molar-refractivity contribution is 9.10. The minimum Gasteiger partial charge on any atom is -0.383 e. The first-order chi connectivity index (χ1) is 8.84. The molecule has 102 valence electrons. The predicted molar refractivity (Wildman–Crippen MR) is 79.7 cm³/mol. The van der Waals surface area contributed by atoms with E-state index >= 15 is 0 Å². The highest BCUT2D eigenvalue weighted by atomic mass is 79.9. The lowest BCUT2D eigenvalue weighted by atomic mass is 9.92. The molecule has 2 heterocycles. The van der Waals surface area contributed by atoms with Gasteiger partial charge in [0.1, 0.15) is 11.5 Å². The maximum Gasteiger partial charge on any atom is 0.180 e. The summed E-state index contributed by atoms with van der Waals surface area (Å²) in [5.74, 6) is 1.07. The highest BCUT2D eigenvalue weighted by Gasteiger charge is 2.23. The molecular weight excluding hydrogens is 306 g/mol. The molecule has 0 bridgehead atoms. The number of nitrogens with zero attached hydrogens (tertiary/aromatic N) is 4. The van der Waals surface area contributed by atoms with Crippen LogP contribution in [0, 0.1) is 0 Å². The van der Waals surface area contributed by atoms with Gasteiger partial charge in [-0.2, -0.15) is 0 Å². The Labute approximate surface area is 121 Å². The molecule has 0 saturated carbocycles. The zero-order valence-corrected chi connectivity index (χ0v) is 13.2. The van der Waals surface area contributed by atoms with Crippen LogP contribution in [0.1, 0.15) is 33.4 Å². The van der Waals surface area contributed by atoms with E-state index in [0.717, 1.165) is 22.4 Å². The van der Waals surface area contributed by atoms with Crippen molar-refractivity contribution in [3.05, 3.63) is 22.7 Å². The summed E-state index contributed by atoms with van der Waals surface area (Å²) in [7, 11) is 0. The Morgan fingerprint density at radius 1 is 1.32 bits per heavy atom. The number of hydrogen-bond donors (Lipinski definition) is 1. The molecule has 0 aromatic carbocycles. The maximum absolute atomic E-state index is 5.99. The van der Waals surface area contributed by atoms with Gasteiger partial charge in [0.15, 0.2) is 5.82 Å². The van der Waals surface area contributed by atoms with E-state index in [0.29, 0.717) is 11.6 Å². The fourth-order valence-corrected chi connectivity index (χ4v) is 2.61. The SMILES string of the molecule is CCn1cncc1-c1nc(N)c(Br)c(C(C)(C)C)n1. The second kappa shape index (κ2) is 4.92. The second-order valence-corrected chi connectivity index (χ2v) is 6.20. The van der Waals surface area contributed by atoms with Crippen LogP contribution in [0.2, 0.25) is 0 Å². The number of hydrogen-bond acceptors (Lipinski definition) is 4. The number of nitrogens with two attached hydrogens (primary N) is 1. The van der Waals surface area contributed by atoms with Crippen molar-refractivity contribution in [2.75, 3.05) is 5.73 Å². The zero-order chi connectivity index (χ0) is 14.2. The number of anilines is 1. The van der Waals surface area contributed by atoms with Gasteiger partial charge in [0, 0.05) is 12.0 Å². The van der Waals surface area contributed by atoms with E-state index in [1.54, 1.807) is 12.5 Å². The van der Waals surface area contributed by atoms with E-state index in [1.807, 2.05) is 4.57 Å². The lowest BCUT2D eigenvalue weighted by Crippen LogP contribution is -2.17. The lowest BCUT2D eigenvalue weighted by molar-refractivity contribution is 0.564. The van der Waals surface area contributed by atoms with E-state index in [2.05, 4.69) is 58.6 Å². The lowest BCUT2D eigenvalue weighted by Gasteiger charge is -2.21. The van der Waals surface area contributed by atoms with Gasteiger partial charge < -0.3 is 10.3 Å². The molecular formula is C13H18BrN5. The van der Waals surface area contributed by atoms with Crippen LogP contribution in [-0.4, -0.2) is 19.5 Å². The van der Waals surface area contributed by atoms with Gasteiger partial charge in [-0.15, -0.1) is 0 Å². The van der Waals surface area contributed by atoms with Crippen molar-refractivity contribution >= 4 is 21.7 Å². The highest BCUT2D eigenvalue weighted by Crippen LogP contribution is 2.32. The van der Waals surface area contributed by atoms with Gasteiger partial charge >= 0.3 is 0 Å². The molecule has 2 aromatic heterocycles. The summed E-state index contributed by atoms with van der Waals surface area (Å²) < 4.78 is 2.76. The van der Waals surface area contributed by atoms with Gasteiger partial charge in [0.05, 0.1) is 22.7 Å². The largest absolute Gasteiger partial charge is 0.383 e. The van der Waals surface area contributed by atoms with Crippen LogP contribution in [-0.2, 0) is 12.0 Å². The molecule has 0 fully saturated rings. The zero-order valence-electron chi connectivity index (χ0n) is 11.6. The molecule has 0 amide bonds. The van der Waals surface area contributed by atoms with Gasteiger partial charge in [0.25, 0.3) is 0 Å². The number of halogens is 1. The molecule has 2 aromatic rings. The van der Waals surface area contributed by atoms with Crippen LogP contribution in [0.3, 0.4) is 0 Å². The number of aryl methyl sites for hydroxylation is 1. The van der Waals surface area contributed by atoms with E-state index < -0.39 is 0 Å². The Hall–Kier alpha value is -1.43. The maximum atomic E-state index is 5.99. The van der Waals surface area contributed by atoms with Crippen LogP contribution in [0.4, 0.5) is 5.82 Å². The quantitative estimate of drug-likeness (QED) is 0.922. The minimum atomic E-state index is -0.109. The number of rotatable bonds is 2. The summed E-state index contributed by atoms with van der Waals surface area (Å²) in [6.45, 7) is 9.17. The van der Waals surface area contributed by atoms with E-state index in [9.17, 15) is 0 Å². The van der Waals surface area contributed by atoms with E-state index in [1.165, 1.54) is 0 Å². The normalized spacial score (nSPS) is 11.8. The van der Waals surface area contributed by atoms with Crippen molar-refractivity contribution in [2.45, 2.75) is 39.7 Å². The molecule has 5 nitrogen and oxygen atoms in total. The van der Waals surface area contributed by atoms with E-state index in [4.69, 9.17) is 5.73 Å². The number of aromatic nitrogens is 4. The van der Waals surface area contributed by atoms with Gasteiger partial charge in [0.2, 0.25) is 0 Å². The average molecular weight is 324 g/mol. The molecule has 0 aliphatic heterocycles. The van der Waals surface area contributed by atoms with Gasteiger partial charge in [-0.25, -0.2) is 15.0 Å². The number of nitrogen functional groups attached to an aromatic ring is 1. The Balaban J connectivity index is 2.64. The van der Waals surface area contributed by atoms with Crippen LogP contribution in [0.25, 0.3) is 11.5 Å². The third kappa shape index (κ3) is 2.63. The molecule has 0 saturated heterocycles. The van der Waals surface area contributed by atoms with Gasteiger partial charge in [-0.3, -0.25) is 0 Å². The second-order valence-electron chi connectivity index (χ2n) is 5.41. The molecule has 2 N–H and O–H groups in total. The number of imidazole rings is 1. The van der Waals surface area contributed by atoms with Crippen LogP contribution < -0.4 is 5.73 Å². The molecule has 0 aliphatic carbocycles. The summed E-state index contributed by atoms with van der Waals surface area (Å²) >= 11 is 3.48. The van der Waals surface area contributed by atoms with Crippen LogP contribution in [0.5, 0.6) is 0 Å². The first-order valence-electron chi connectivity index (χ1n) is 6.18. The van der Waals surface area contributed by atoms with Crippen molar-refractivity contribution in [1.82, 2.24) is 19.5 Å². The first-order valence-corrected chi connectivity index (χ1v) is 6.98. The predicted octanol–water partition coefficient (Wildman–Crippen LogP) is 3.00. The molecule has 2 rings (SSSR count). The van der Waals surface area contributed by atoms with Gasteiger partial charge in [-0.05, 0) is 22.9 Å². The summed E-state index contributed by atoms with van der Waals surface area (Å²) in [4.78, 5) is 13.2. The fraction of sp³-hybridized carbons (Fsp3) is 0.462. The Morgan fingerprint density at radius 3 is 2.58 bits per heavy atom. The summed E-state index contributed by atoms with van der Waals surface area (Å²) in [6, 6.07) is 0. The molecule has 6 heteroatoms. The summed E-state index contributed by atoms with van der Waals surface area (Å²) in [5.41, 5.74) is 7.66. The summed E-state index contributed by atoms with van der Waals surface area (Å²) in [5, 5.41) is 0. The molecule has 0 atom stereocenters. The standard InChI is InChI=1S/C13H18BrN5/c1-5-19-7-16-6-8(19)12-17-10(13(2,3)4)9(14)11(15)18-12/h6-7H,5H2,1-4H3,(H2,15,17,18). The molecule has 0 spiro atoms. The Bertz CT molecular complexity index is 598. The summed E-state index contributed by atoms with van der Waals surface area (Å²) in [6.07, 6.45) is 3.53. The van der Waals surface area contributed by atoms with Crippen molar-refractivity contribution in [3.8, 4) is 11.5 Å². The van der Waals surface area contributed by atoms with Crippen LogP contribution >= 0.6 is 15.9 Å². The average Bonchev–Trinajstić information content (AvgIpc) is 2.79. The van der Waals surface area contributed by atoms with E-state index in [-0.39, 0.29) is 5.41 Å². The molecule has 0 unspecified atom stereocenters. The first kappa shape index (κ1) is 14.0. The van der Waals surface area contributed by atoms with Crippen molar-refractivity contribution in [3.63, 3.8) is 0 Å². The van der Waals surface area contributed by atoms with Crippen molar-refractivity contribution in [1.29, 1.82) is 0 Å². The fourth-order valence-electron chi connectivity index (χ4n) is 1.83. The monoisotopic (exact) mass is 323 g/mol. The van der Waals surface area contributed by atoms with Crippen molar-refractivity contribution in [2.24, 2.45) is 0 Å². The molecule has 19 heavy (non-hydrogen) atoms. The smallest absolute Gasteiger partial charge is 0.180 e. The van der Waals surface area contributed by atoms with Crippen molar-refractivity contribution < 1.29 is 0 Å². The third-order valence-electron chi connectivity index (χ3n) is 2.87. The van der Waals surface area contributed by atoms with Gasteiger partial charge in [-0.1, -0.05) is 20.8 Å². The molecule has 0 aliphatic rings. The minimum absolute atomic E-state index is 0.109. The molecule has 0 radical (unpaired) electrons.